The van der Waals surface area contributed by atoms with E-state index in [0.29, 0.717) is 0 Å². The summed E-state index contributed by atoms with van der Waals surface area (Å²) in [5.41, 5.74) is 3.56. The molecule has 112 valence electrons. The van der Waals surface area contributed by atoms with Gasteiger partial charge < -0.3 is 10.1 Å². The summed E-state index contributed by atoms with van der Waals surface area (Å²) in [6.45, 7) is 2.09. The third-order valence-electron chi connectivity index (χ3n) is 3.55. The average Bonchev–Trinajstić information content (AvgIpc) is 2.45. The van der Waals surface area contributed by atoms with Crippen molar-refractivity contribution in [2.24, 2.45) is 0 Å². The van der Waals surface area contributed by atoms with E-state index < -0.39 is 0 Å². The second kappa shape index (κ2) is 7.30. The molecule has 2 rings (SSSR count). The lowest BCUT2D eigenvalue weighted by molar-refractivity contribution is 0.406. The molecule has 1 N–H and O–H groups in total. The molecular weight excluding hydrogens is 350 g/mol. The normalized spacial score (nSPS) is 12.2. The van der Waals surface area contributed by atoms with Crippen LogP contribution < -0.4 is 10.1 Å². The van der Waals surface area contributed by atoms with Crippen LogP contribution in [0.4, 0.5) is 0 Å². The number of likely N-dealkylation sites (N-methyl/N-ethyl adjacent to an activating group) is 1. The topological polar surface area (TPSA) is 21.3 Å². The van der Waals surface area contributed by atoms with Crippen molar-refractivity contribution in [1.82, 2.24) is 5.32 Å². The van der Waals surface area contributed by atoms with Crippen molar-refractivity contribution in [2.75, 3.05) is 14.2 Å². The van der Waals surface area contributed by atoms with E-state index in [1.54, 1.807) is 7.11 Å². The molecule has 21 heavy (non-hydrogen) atoms. The van der Waals surface area contributed by atoms with E-state index in [0.717, 1.165) is 27.2 Å². The summed E-state index contributed by atoms with van der Waals surface area (Å²) >= 11 is 9.77. The first kappa shape index (κ1) is 16.3. The summed E-state index contributed by atoms with van der Waals surface area (Å²) < 4.78 is 6.55. The Bertz CT molecular complexity index is 630. The van der Waals surface area contributed by atoms with Crippen LogP contribution in [0.3, 0.4) is 0 Å². The van der Waals surface area contributed by atoms with Crippen molar-refractivity contribution in [3.8, 4) is 5.75 Å². The average molecular weight is 369 g/mol. The van der Waals surface area contributed by atoms with Crippen molar-refractivity contribution < 1.29 is 4.74 Å². The molecule has 1 unspecified atom stereocenters. The SMILES string of the molecule is CNC(Cc1cc(Cl)ccc1OC)c1ccc(C)cc1Br. The standard InChI is InChI=1S/C17H19BrClNO/c1-11-4-6-14(15(18)8-11)16(20-2)10-12-9-13(19)5-7-17(12)21-3/h4-9,16,20H,10H2,1-3H3. The van der Waals surface area contributed by atoms with Crippen LogP contribution in [0.15, 0.2) is 40.9 Å². The first-order valence-electron chi connectivity index (χ1n) is 6.81. The second-order valence-electron chi connectivity index (χ2n) is 5.03. The molecule has 2 aromatic carbocycles. The summed E-state index contributed by atoms with van der Waals surface area (Å²) in [6, 6.07) is 12.3. The Morgan fingerprint density at radius 1 is 1.24 bits per heavy atom. The van der Waals surface area contributed by atoms with Crippen molar-refractivity contribution in [1.29, 1.82) is 0 Å². The Morgan fingerprint density at radius 3 is 2.62 bits per heavy atom. The van der Waals surface area contributed by atoms with Crippen LogP contribution in [-0.2, 0) is 6.42 Å². The number of ether oxygens (including phenoxy) is 1. The van der Waals surface area contributed by atoms with Gasteiger partial charge in [0.15, 0.2) is 0 Å². The van der Waals surface area contributed by atoms with Gasteiger partial charge >= 0.3 is 0 Å². The maximum atomic E-state index is 6.11. The smallest absolute Gasteiger partial charge is 0.122 e. The van der Waals surface area contributed by atoms with E-state index in [4.69, 9.17) is 16.3 Å². The largest absolute Gasteiger partial charge is 0.496 e. The molecule has 4 heteroatoms. The Hall–Kier alpha value is -1.03. The van der Waals surface area contributed by atoms with Crippen LogP contribution in [-0.4, -0.2) is 14.2 Å². The fraction of sp³-hybridized carbons (Fsp3) is 0.294. The van der Waals surface area contributed by atoms with Crippen LogP contribution in [0.1, 0.15) is 22.7 Å². The van der Waals surface area contributed by atoms with Crippen molar-refractivity contribution >= 4 is 27.5 Å². The molecule has 0 aliphatic heterocycles. The summed E-state index contributed by atoms with van der Waals surface area (Å²) in [4.78, 5) is 0. The van der Waals surface area contributed by atoms with E-state index in [1.807, 2.05) is 25.2 Å². The molecule has 1 atom stereocenters. The molecule has 0 heterocycles. The zero-order valence-electron chi connectivity index (χ0n) is 12.4. The second-order valence-corrected chi connectivity index (χ2v) is 6.32. The molecule has 0 fully saturated rings. The van der Waals surface area contributed by atoms with Crippen LogP contribution in [0.5, 0.6) is 5.75 Å². The molecule has 0 bridgehead atoms. The maximum Gasteiger partial charge on any atom is 0.122 e. The van der Waals surface area contributed by atoms with Gasteiger partial charge in [-0.3, -0.25) is 0 Å². The van der Waals surface area contributed by atoms with E-state index in [9.17, 15) is 0 Å². The fourth-order valence-corrected chi connectivity index (χ4v) is 3.37. The van der Waals surface area contributed by atoms with Gasteiger partial charge in [-0.05, 0) is 61.3 Å². The van der Waals surface area contributed by atoms with Crippen LogP contribution in [0.2, 0.25) is 5.02 Å². The minimum absolute atomic E-state index is 0.187. The summed E-state index contributed by atoms with van der Waals surface area (Å²) in [5, 5.41) is 4.09. The fourth-order valence-electron chi connectivity index (χ4n) is 2.41. The Kier molecular flexibility index (Phi) is 5.68. The highest BCUT2D eigenvalue weighted by Gasteiger charge is 2.16. The number of hydrogen-bond donors (Lipinski definition) is 1. The van der Waals surface area contributed by atoms with Gasteiger partial charge in [-0.25, -0.2) is 0 Å². The predicted molar refractivity (Wildman–Crippen MR) is 92.4 cm³/mol. The number of aryl methyl sites for hydroxylation is 1. The quantitative estimate of drug-likeness (QED) is 0.808. The first-order chi connectivity index (χ1) is 10.0. The molecule has 2 aromatic rings. The predicted octanol–water partition coefficient (Wildman–Crippen LogP) is 4.92. The number of hydrogen-bond acceptors (Lipinski definition) is 2. The highest BCUT2D eigenvalue weighted by molar-refractivity contribution is 9.10. The van der Waals surface area contributed by atoms with Crippen molar-refractivity contribution in [3.05, 3.63) is 62.6 Å². The summed E-state index contributed by atoms with van der Waals surface area (Å²) in [7, 11) is 3.65. The van der Waals surface area contributed by atoms with E-state index in [1.165, 1.54) is 11.1 Å². The maximum absolute atomic E-state index is 6.11. The number of rotatable bonds is 5. The lowest BCUT2D eigenvalue weighted by Crippen LogP contribution is -2.19. The van der Waals surface area contributed by atoms with Gasteiger partial charge in [-0.1, -0.05) is 39.7 Å². The van der Waals surface area contributed by atoms with Gasteiger partial charge in [0.05, 0.1) is 7.11 Å². The number of nitrogens with one attached hydrogen (secondary N) is 1. The number of benzene rings is 2. The van der Waals surface area contributed by atoms with Gasteiger partial charge in [0.1, 0.15) is 5.75 Å². The minimum Gasteiger partial charge on any atom is -0.496 e. The summed E-state index contributed by atoms with van der Waals surface area (Å²) in [6.07, 6.45) is 0.807. The Labute approximate surface area is 139 Å². The first-order valence-corrected chi connectivity index (χ1v) is 7.98. The highest BCUT2D eigenvalue weighted by atomic mass is 79.9. The zero-order valence-corrected chi connectivity index (χ0v) is 14.8. The van der Waals surface area contributed by atoms with E-state index >= 15 is 0 Å². The Morgan fingerprint density at radius 2 is 2.00 bits per heavy atom. The van der Waals surface area contributed by atoms with Crippen LogP contribution in [0.25, 0.3) is 0 Å². The van der Waals surface area contributed by atoms with Gasteiger partial charge in [0.2, 0.25) is 0 Å². The number of methoxy groups -OCH3 is 1. The molecule has 0 radical (unpaired) electrons. The van der Waals surface area contributed by atoms with Crippen LogP contribution in [0, 0.1) is 6.92 Å². The van der Waals surface area contributed by atoms with E-state index in [-0.39, 0.29) is 6.04 Å². The number of halogens is 2. The molecule has 0 amide bonds. The molecule has 0 spiro atoms. The van der Waals surface area contributed by atoms with Gasteiger partial charge in [0.25, 0.3) is 0 Å². The monoisotopic (exact) mass is 367 g/mol. The molecule has 0 saturated carbocycles. The molecule has 0 aliphatic carbocycles. The Balaban J connectivity index is 2.33. The molecule has 0 saturated heterocycles. The van der Waals surface area contributed by atoms with E-state index in [2.05, 4.69) is 46.4 Å². The zero-order chi connectivity index (χ0) is 15.4. The highest BCUT2D eigenvalue weighted by Crippen LogP contribution is 2.31. The minimum atomic E-state index is 0.187. The van der Waals surface area contributed by atoms with Crippen molar-refractivity contribution in [2.45, 2.75) is 19.4 Å². The lowest BCUT2D eigenvalue weighted by Gasteiger charge is -2.20. The molecular formula is C17H19BrClNO. The third-order valence-corrected chi connectivity index (χ3v) is 4.47. The molecule has 0 aliphatic rings. The van der Waals surface area contributed by atoms with Gasteiger partial charge in [0, 0.05) is 15.5 Å². The van der Waals surface area contributed by atoms with Gasteiger partial charge in [-0.15, -0.1) is 0 Å². The third kappa shape index (κ3) is 4.00. The van der Waals surface area contributed by atoms with Crippen LogP contribution >= 0.6 is 27.5 Å². The summed E-state index contributed by atoms with van der Waals surface area (Å²) in [5.74, 6) is 0.864. The molecule has 2 nitrogen and oxygen atoms in total. The lowest BCUT2D eigenvalue weighted by atomic mass is 9.97. The van der Waals surface area contributed by atoms with Gasteiger partial charge in [-0.2, -0.15) is 0 Å². The van der Waals surface area contributed by atoms with Crippen molar-refractivity contribution in [3.63, 3.8) is 0 Å². The molecule has 0 aromatic heterocycles.